The lowest BCUT2D eigenvalue weighted by atomic mass is 10.1. The Morgan fingerprint density at radius 3 is 2.77 bits per heavy atom. The smallest absolute Gasteiger partial charge is 0.323 e. The fourth-order valence-corrected chi connectivity index (χ4v) is 3.83. The second-order valence-electron chi connectivity index (χ2n) is 7.13. The van der Waals surface area contributed by atoms with Gasteiger partial charge in [0.2, 0.25) is 0 Å². The molecule has 2 N–H and O–H groups in total. The van der Waals surface area contributed by atoms with Crippen molar-refractivity contribution in [2.24, 2.45) is 0 Å². The standard InChI is InChI=1S/C20H28N4O2/c1-15-19(22-11-12-26-15)23-20(25)24(17-8-4-2-3-5-9-17)18-10-6-7-16(13-18)14-21/h6-7,10,13,15,17,19,22H,2-5,8-9,11-12H2,1H3,(H,23,25). The van der Waals surface area contributed by atoms with E-state index in [-0.39, 0.29) is 24.3 Å². The van der Waals surface area contributed by atoms with Crippen LogP contribution in [-0.2, 0) is 4.74 Å². The zero-order valence-electron chi connectivity index (χ0n) is 15.4. The highest BCUT2D eigenvalue weighted by Gasteiger charge is 2.30. The molecule has 0 bridgehead atoms. The van der Waals surface area contributed by atoms with Gasteiger partial charge in [0.15, 0.2) is 0 Å². The number of nitrogens with one attached hydrogen (secondary N) is 2. The van der Waals surface area contributed by atoms with Crippen molar-refractivity contribution in [3.63, 3.8) is 0 Å². The maximum atomic E-state index is 13.2. The molecule has 2 unspecified atom stereocenters. The van der Waals surface area contributed by atoms with Crippen LogP contribution in [0, 0.1) is 11.3 Å². The van der Waals surface area contributed by atoms with Gasteiger partial charge in [-0.1, -0.05) is 31.7 Å². The number of amides is 2. The van der Waals surface area contributed by atoms with E-state index in [0.717, 1.165) is 37.9 Å². The van der Waals surface area contributed by atoms with Crippen molar-refractivity contribution in [1.29, 1.82) is 5.26 Å². The molecule has 1 aliphatic heterocycles. The monoisotopic (exact) mass is 356 g/mol. The Labute approximate surface area is 155 Å². The van der Waals surface area contributed by atoms with Gasteiger partial charge >= 0.3 is 6.03 Å². The zero-order chi connectivity index (χ0) is 18.4. The Kier molecular flexibility index (Phi) is 6.48. The molecule has 6 nitrogen and oxygen atoms in total. The van der Waals surface area contributed by atoms with Gasteiger partial charge in [-0.2, -0.15) is 5.26 Å². The number of urea groups is 1. The van der Waals surface area contributed by atoms with E-state index in [1.165, 1.54) is 12.8 Å². The van der Waals surface area contributed by atoms with Gasteiger partial charge < -0.3 is 10.1 Å². The molecule has 1 saturated carbocycles. The molecule has 2 fully saturated rings. The highest BCUT2D eigenvalue weighted by molar-refractivity contribution is 5.93. The summed E-state index contributed by atoms with van der Waals surface area (Å²) in [4.78, 5) is 15.1. The van der Waals surface area contributed by atoms with Crippen LogP contribution in [0.1, 0.15) is 51.0 Å². The molecular formula is C20H28N4O2. The molecule has 2 amide bonds. The van der Waals surface area contributed by atoms with Crippen LogP contribution < -0.4 is 15.5 Å². The van der Waals surface area contributed by atoms with E-state index in [1.807, 2.05) is 24.0 Å². The molecular weight excluding hydrogens is 328 g/mol. The Bertz CT molecular complexity index is 649. The van der Waals surface area contributed by atoms with Crippen LogP contribution in [0.4, 0.5) is 10.5 Å². The molecule has 26 heavy (non-hydrogen) atoms. The summed E-state index contributed by atoms with van der Waals surface area (Å²) in [6.07, 6.45) is 6.42. The molecule has 6 heteroatoms. The van der Waals surface area contributed by atoms with E-state index < -0.39 is 0 Å². The summed E-state index contributed by atoms with van der Waals surface area (Å²) >= 11 is 0. The van der Waals surface area contributed by atoms with Gasteiger partial charge in [0.25, 0.3) is 0 Å². The van der Waals surface area contributed by atoms with Crippen LogP contribution in [0.3, 0.4) is 0 Å². The number of benzene rings is 1. The molecule has 1 heterocycles. The van der Waals surface area contributed by atoms with Gasteiger partial charge in [0.1, 0.15) is 6.17 Å². The number of rotatable bonds is 3. The summed E-state index contributed by atoms with van der Waals surface area (Å²) in [5.41, 5.74) is 1.36. The van der Waals surface area contributed by atoms with E-state index in [4.69, 9.17) is 4.74 Å². The second kappa shape index (κ2) is 9.02. The third-order valence-corrected chi connectivity index (χ3v) is 5.26. The number of anilines is 1. The predicted molar refractivity (Wildman–Crippen MR) is 101 cm³/mol. The van der Waals surface area contributed by atoms with Crippen molar-refractivity contribution in [1.82, 2.24) is 10.6 Å². The Morgan fingerprint density at radius 2 is 2.08 bits per heavy atom. The van der Waals surface area contributed by atoms with Crippen molar-refractivity contribution in [3.05, 3.63) is 29.8 Å². The van der Waals surface area contributed by atoms with E-state index >= 15 is 0 Å². The first-order valence-corrected chi connectivity index (χ1v) is 9.64. The van der Waals surface area contributed by atoms with Crippen LogP contribution in [0.5, 0.6) is 0 Å². The highest BCUT2D eigenvalue weighted by Crippen LogP contribution is 2.27. The zero-order valence-corrected chi connectivity index (χ0v) is 15.4. The molecule has 3 rings (SSSR count). The fraction of sp³-hybridized carbons (Fsp3) is 0.600. The van der Waals surface area contributed by atoms with E-state index in [0.29, 0.717) is 12.2 Å². The summed E-state index contributed by atoms with van der Waals surface area (Å²) in [5, 5.41) is 15.6. The number of nitriles is 1. The van der Waals surface area contributed by atoms with E-state index in [2.05, 4.69) is 16.7 Å². The Balaban J connectivity index is 1.83. The normalized spacial score (nSPS) is 24.3. The van der Waals surface area contributed by atoms with Crippen molar-refractivity contribution in [2.75, 3.05) is 18.1 Å². The summed E-state index contributed by atoms with van der Waals surface area (Å²) in [7, 11) is 0. The summed E-state index contributed by atoms with van der Waals surface area (Å²) < 4.78 is 5.64. The first kappa shape index (κ1) is 18.7. The second-order valence-corrected chi connectivity index (χ2v) is 7.13. The van der Waals surface area contributed by atoms with Crippen LogP contribution in [0.25, 0.3) is 0 Å². The molecule has 1 saturated heterocycles. The third kappa shape index (κ3) is 4.54. The molecule has 0 aromatic heterocycles. The molecule has 2 atom stereocenters. The first-order chi connectivity index (χ1) is 12.7. The predicted octanol–water partition coefficient (Wildman–Crippen LogP) is 3.13. The van der Waals surface area contributed by atoms with Crippen molar-refractivity contribution in [3.8, 4) is 6.07 Å². The molecule has 2 aliphatic rings. The minimum atomic E-state index is -0.205. The summed E-state index contributed by atoms with van der Waals surface area (Å²) in [5.74, 6) is 0. The Morgan fingerprint density at radius 1 is 1.31 bits per heavy atom. The SMILES string of the molecule is CC1OCCNC1NC(=O)N(c1cccc(C#N)c1)C1CCCCCC1. The number of nitrogens with zero attached hydrogens (tertiary/aromatic N) is 2. The first-order valence-electron chi connectivity index (χ1n) is 9.64. The number of carbonyl (C=O) groups excluding carboxylic acids is 1. The lowest BCUT2D eigenvalue weighted by Gasteiger charge is -2.36. The quantitative estimate of drug-likeness (QED) is 0.816. The number of hydrogen-bond acceptors (Lipinski definition) is 4. The van der Waals surface area contributed by atoms with Gasteiger partial charge in [-0.05, 0) is 38.0 Å². The molecule has 140 valence electrons. The molecule has 1 aromatic rings. The fourth-order valence-electron chi connectivity index (χ4n) is 3.83. The number of ether oxygens (including phenoxy) is 1. The van der Waals surface area contributed by atoms with Gasteiger partial charge in [0, 0.05) is 18.3 Å². The lowest BCUT2D eigenvalue weighted by molar-refractivity contribution is 0.00190. The molecule has 0 radical (unpaired) electrons. The average Bonchev–Trinajstić information content (AvgIpc) is 2.93. The largest absolute Gasteiger partial charge is 0.374 e. The number of morpholine rings is 1. The number of carbonyl (C=O) groups is 1. The average molecular weight is 356 g/mol. The van der Waals surface area contributed by atoms with Gasteiger partial charge in [0.05, 0.1) is 24.3 Å². The van der Waals surface area contributed by atoms with Crippen LogP contribution in [-0.4, -0.2) is 37.5 Å². The molecule has 0 spiro atoms. The van der Waals surface area contributed by atoms with Crippen LogP contribution in [0.15, 0.2) is 24.3 Å². The van der Waals surface area contributed by atoms with Crippen molar-refractivity contribution in [2.45, 2.75) is 63.8 Å². The third-order valence-electron chi connectivity index (χ3n) is 5.26. The van der Waals surface area contributed by atoms with E-state index in [9.17, 15) is 10.1 Å². The molecule has 1 aromatic carbocycles. The van der Waals surface area contributed by atoms with E-state index in [1.54, 1.807) is 12.1 Å². The van der Waals surface area contributed by atoms with Crippen LogP contribution in [0.2, 0.25) is 0 Å². The maximum absolute atomic E-state index is 13.2. The van der Waals surface area contributed by atoms with Gasteiger partial charge in [-0.15, -0.1) is 0 Å². The Hall–Kier alpha value is -2.10. The van der Waals surface area contributed by atoms with Crippen LogP contribution >= 0.6 is 0 Å². The highest BCUT2D eigenvalue weighted by atomic mass is 16.5. The molecule has 1 aliphatic carbocycles. The van der Waals surface area contributed by atoms with Gasteiger partial charge in [-0.25, -0.2) is 4.79 Å². The minimum Gasteiger partial charge on any atom is -0.374 e. The minimum absolute atomic E-state index is 0.0749. The lowest BCUT2D eigenvalue weighted by Crippen LogP contribution is -2.60. The topological polar surface area (TPSA) is 77.4 Å². The van der Waals surface area contributed by atoms with Crippen molar-refractivity contribution < 1.29 is 9.53 Å². The maximum Gasteiger partial charge on any atom is 0.323 e. The van der Waals surface area contributed by atoms with Gasteiger partial charge in [-0.3, -0.25) is 10.2 Å². The van der Waals surface area contributed by atoms with Crippen molar-refractivity contribution >= 4 is 11.7 Å². The summed E-state index contributed by atoms with van der Waals surface area (Å²) in [6, 6.07) is 9.54. The summed E-state index contributed by atoms with van der Waals surface area (Å²) in [6.45, 7) is 3.34. The number of hydrogen-bond donors (Lipinski definition) is 2.